The number of esters is 2. The van der Waals surface area contributed by atoms with Crippen LogP contribution in [0.3, 0.4) is 0 Å². The van der Waals surface area contributed by atoms with Crippen LogP contribution >= 0.6 is 11.3 Å². The Labute approximate surface area is 336 Å². The number of rotatable bonds is 16. The first kappa shape index (κ1) is 41.0. The molecule has 4 aromatic rings. The molecule has 2 aliphatic rings. The van der Waals surface area contributed by atoms with Crippen LogP contribution in [0.1, 0.15) is 78.3 Å². The van der Waals surface area contributed by atoms with E-state index >= 15 is 0 Å². The molecular weight excluding hydrogens is 749 g/mol. The van der Waals surface area contributed by atoms with Gasteiger partial charge in [-0.05, 0) is 47.1 Å². The summed E-state index contributed by atoms with van der Waals surface area (Å²) in [5, 5.41) is 7.49. The lowest BCUT2D eigenvalue weighted by atomic mass is 9.95. The molecule has 0 bridgehead atoms. The van der Waals surface area contributed by atoms with Gasteiger partial charge in [-0.2, -0.15) is 0 Å². The smallest absolute Gasteiger partial charge is 0.409 e. The average Bonchev–Trinajstić information content (AvgIpc) is 3.51. The second-order valence-electron chi connectivity index (χ2n) is 14.8. The first-order chi connectivity index (χ1) is 27.3. The van der Waals surface area contributed by atoms with Crippen molar-refractivity contribution < 1.29 is 42.9 Å². The van der Waals surface area contributed by atoms with E-state index in [1.54, 1.807) is 19.4 Å². The molecule has 3 amide bonds. The normalized spacial score (nSPS) is 18.3. The lowest BCUT2D eigenvalue weighted by Crippen LogP contribution is -2.47. The molecule has 1 aromatic heterocycles. The molecule has 300 valence electrons. The number of amides is 3. The van der Waals surface area contributed by atoms with Gasteiger partial charge in [0.2, 0.25) is 0 Å². The number of hydrogen-bond acceptors (Lipinski definition) is 11. The number of epoxide rings is 1. The summed E-state index contributed by atoms with van der Waals surface area (Å²) in [6.45, 7) is 6.69. The van der Waals surface area contributed by atoms with E-state index in [2.05, 4.69) is 44.6 Å². The monoisotopic (exact) mass is 796 g/mol. The third-order valence-corrected chi connectivity index (χ3v) is 11.5. The SMILES string of the molecule is COC(=O)CNC(=O)C1(C)OC1[C@H](Cc1ccccc1)NC(=O)c1csc([C@@H](C[C@H](C(C)C)N(C)C(=O)OCC2c3ccccc3-c3ccccc32)OC(C)=O)n1. The van der Waals surface area contributed by atoms with Crippen LogP contribution in [0.5, 0.6) is 0 Å². The van der Waals surface area contributed by atoms with Crippen LogP contribution in [0, 0.1) is 5.92 Å². The molecule has 5 atom stereocenters. The first-order valence-electron chi connectivity index (χ1n) is 18.9. The number of hydrogen-bond donors (Lipinski definition) is 2. The molecule has 1 saturated heterocycles. The number of aromatic nitrogens is 1. The lowest BCUT2D eigenvalue weighted by molar-refractivity contribution is -0.148. The van der Waals surface area contributed by atoms with Gasteiger partial charge in [0.1, 0.15) is 30.0 Å². The maximum atomic E-state index is 13.8. The fourth-order valence-electron chi connectivity index (χ4n) is 7.49. The van der Waals surface area contributed by atoms with Crippen LogP contribution in [0.4, 0.5) is 4.79 Å². The number of fused-ring (bicyclic) bond motifs is 3. The quantitative estimate of drug-likeness (QED) is 0.0801. The van der Waals surface area contributed by atoms with Gasteiger partial charge in [-0.3, -0.25) is 19.2 Å². The minimum atomic E-state index is -1.29. The van der Waals surface area contributed by atoms with Gasteiger partial charge in [0, 0.05) is 37.7 Å². The number of benzene rings is 3. The number of ether oxygens (including phenoxy) is 4. The second-order valence-corrected chi connectivity index (χ2v) is 15.7. The van der Waals surface area contributed by atoms with Gasteiger partial charge < -0.3 is 34.5 Å². The highest BCUT2D eigenvalue weighted by atomic mass is 32.1. The van der Waals surface area contributed by atoms with Gasteiger partial charge in [0.15, 0.2) is 11.7 Å². The summed E-state index contributed by atoms with van der Waals surface area (Å²) in [5.74, 6) is -2.32. The molecule has 2 unspecified atom stereocenters. The number of nitrogens with one attached hydrogen (secondary N) is 2. The van der Waals surface area contributed by atoms with Crippen molar-refractivity contribution in [3.63, 3.8) is 0 Å². The zero-order chi connectivity index (χ0) is 40.9. The van der Waals surface area contributed by atoms with Crippen LogP contribution in [-0.2, 0) is 39.8 Å². The van der Waals surface area contributed by atoms with Crippen LogP contribution in [0.25, 0.3) is 11.1 Å². The molecule has 3 aromatic carbocycles. The maximum absolute atomic E-state index is 13.8. The van der Waals surface area contributed by atoms with Gasteiger partial charge in [-0.25, -0.2) is 9.78 Å². The van der Waals surface area contributed by atoms with Crippen molar-refractivity contribution in [1.82, 2.24) is 20.5 Å². The van der Waals surface area contributed by atoms with Crippen molar-refractivity contribution in [2.24, 2.45) is 5.92 Å². The minimum Gasteiger partial charge on any atom is -0.468 e. The van der Waals surface area contributed by atoms with Crippen LogP contribution < -0.4 is 10.6 Å². The minimum absolute atomic E-state index is 0.0623. The van der Waals surface area contributed by atoms with Crippen molar-refractivity contribution in [1.29, 1.82) is 0 Å². The number of thiazole rings is 1. The van der Waals surface area contributed by atoms with Crippen molar-refractivity contribution in [2.75, 3.05) is 27.3 Å². The van der Waals surface area contributed by atoms with E-state index in [-0.39, 0.29) is 37.1 Å². The van der Waals surface area contributed by atoms with Crippen LogP contribution in [0.15, 0.2) is 84.2 Å². The zero-order valence-corrected chi connectivity index (χ0v) is 33.7. The Morgan fingerprint density at radius 3 is 2.19 bits per heavy atom. The number of methoxy groups -OCH3 is 1. The van der Waals surface area contributed by atoms with Crippen molar-refractivity contribution in [3.05, 3.63) is 112 Å². The molecule has 13 nitrogen and oxygen atoms in total. The molecule has 57 heavy (non-hydrogen) atoms. The largest absolute Gasteiger partial charge is 0.468 e. The Morgan fingerprint density at radius 2 is 1.58 bits per heavy atom. The van der Waals surface area contributed by atoms with Gasteiger partial charge >= 0.3 is 18.0 Å². The Morgan fingerprint density at radius 1 is 0.947 bits per heavy atom. The molecular formula is C43H48N4O9S. The predicted octanol–water partition coefficient (Wildman–Crippen LogP) is 5.83. The highest BCUT2D eigenvalue weighted by Gasteiger charge is 2.62. The molecule has 1 aliphatic heterocycles. The summed E-state index contributed by atoms with van der Waals surface area (Å²) in [6, 6.07) is 24.7. The molecule has 1 fully saturated rings. The molecule has 0 saturated carbocycles. The fraction of sp³-hybridized carbons (Fsp3) is 0.395. The molecule has 2 heterocycles. The van der Waals surface area contributed by atoms with E-state index in [4.69, 9.17) is 14.2 Å². The van der Waals surface area contributed by atoms with E-state index in [9.17, 15) is 24.0 Å². The van der Waals surface area contributed by atoms with E-state index in [1.807, 2.05) is 68.4 Å². The summed E-state index contributed by atoms with van der Waals surface area (Å²) >= 11 is 1.16. The molecule has 6 rings (SSSR count). The molecule has 14 heteroatoms. The van der Waals surface area contributed by atoms with E-state index < -0.39 is 59.7 Å². The maximum Gasteiger partial charge on any atom is 0.409 e. The number of carbonyl (C=O) groups excluding carboxylic acids is 5. The summed E-state index contributed by atoms with van der Waals surface area (Å²) in [7, 11) is 2.90. The third kappa shape index (κ3) is 9.35. The number of carbonyl (C=O) groups is 5. The zero-order valence-electron chi connectivity index (χ0n) is 32.9. The summed E-state index contributed by atoms with van der Waals surface area (Å²) in [4.78, 5) is 70.6. The van der Waals surface area contributed by atoms with Gasteiger partial charge in [-0.15, -0.1) is 11.3 Å². The Bertz CT molecular complexity index is 2060. The van der Waals surface area contributed by atoms with Crippen molar-refractivity contribution in [2.45, 2.75) is 76.3 Å². The first-order valence-corrected chi connectivity index (χ1v) is 19.8. The highest BCUT2D eigenvalue weighted by molar-refractivity contribution is 7.09. The Kier molecular flexibility index (Phi) is 12.7. The number of nitrogens with zero attached hydrogens (tertiary/aromatic N) is 2. The van der Waals surface area contributed by atoms with Gasteiger partial charge in [0.25, 0.3) is 11.8 Å². The lowest BCUT2D eigenvalue weighted by Gasteiger charge is -2.33. The molecule has 0 radical (unpaired) electrons. The summed E-state index contributed by atoms with van der Waals surface area (Å²) in [5.41, 5.74) is 4.19. The topological polar surface area (TPSA) is 166 Å². The average molecular weight is 797 g/mol. The van der Waals surface area contributed by atoms with Crippen LogP contribution in [-0.4, -0.2) is 90.8 Å². The van der Waals surface area contributed by atoms with Crippen molar-refractivity contribution in [3.8, 4) is 11.1 Å². The van der Waals surface area contributed by atoms with Gasteiger partial charge in [0.05, 0.1) is 13.2 Å². The highest BCUT2D eigenvalue weighted by Crippen LogP contribution is 2.45. The molecule has 0 spiro atoms. The fourth-order valence-corrected chi connectivity index (χ4v) is 8.33. The Balaban J connectivity index is 1.14. The third-order valence-electron chi connectivity index (χ3n) is 10.6. The van der Waals surface area contributed by atoms with Gasteiger partial charge in [-0.1, -0.05) is 92.7 Å². The van der Waals surface area contributed by atoms with E-state index in [0.717, 1.165) is 39.2 Å². The van der Waals surface area contributed by atoms with E-state index in [0.29, 0.717) is 11.4 Å². The second kappa shape index (κ2) is 17.7. The molecule has 1 aliphatic carbocycles. The Hall–Kier alpha value is -5.60. The van der Waals surface area contributed by atoms with Crippen molar-refractivity contribution >= 4 is 41.2 Å². The summed E-state index contributed by atoms with van der Waals surface area (Å²) in [6.07, 6.45) is -1.51. The standard InChI is InChI=1S/C43H48N4O9S/c1-25(2)35(47(5)42(52)54-23-32-30-18-12-10-16-28(30)29-17-11-13-19-31(29)32)21-36(55-26(3)48)40-46-34(24-57-40)39(50)45-33(20-27-14-8-7-9-15-27)38-43(4,56-38)41(51)44-22-37(49)53-6/h7-19,24-25,32-33,35-36,38H,20-23H2,1-6H3,(H,44,51)(H,45,50)/t33-,35+,36+,38?,43?/m0/s1. The summed E-state index contributed by atoms with van der Waals surface area (Å²) < 4.78 is 22.2. The molecule has 2 N–H and O–H groups in total. The van der Waals surface area contributed by atoms with E-state index in [1.165, 1.54) is 18.9 Å². The predicted molar refractivity (Wildman–Crippen MR) is 212 cm³/mol. The van der Waals surface area contributed by atoms with Crippen LogP contribution in [0.2, 0.25) is 0 Å².